The van der Waals surface area contributed by atoms with Crippen LogP contribution in [0.15, 0.2) is 6.07 Å². The third-order valence-electron chi connectivity index (χ3n) is 2.61. The van der Waals surface area contributed by atoms with Crippen LogP contribution in [0, 0.1) is 5.92 Å². The summed E-state index contributed by atoms with van der Waals surface area (Å²) < 4.78 is 1.45. The van der Waals surface area contributed by atoms with Crippen LogP contribution in [0.4, 0.5) is 0 Å². The zero-order valence-electron chi connectivity index (χ0n) is 11.4. The Hall–Kier alpha value is -1.89. The first-order chi connectivity index (χ1) is 8.85. The maximum Gasteiger partial charge on any atom is 0.270 e. The standard InChI is InChI=1S/C12H20N4O3/c1-7(2)4-8-5-10(16(3)15-8)12(19)14-9(6-17)11(13)18/h5,7,9,17H,4,6H2,1-3H3,(H2,13,18)(H,14,19)/t9-/m0/s1. The molecule has 1 aromatic heterocycles. The summed E-state index contributed by atoms with van der Waals surface area (Å²) in [4.78, 5) is 22.9. The predicted molar refractivity (Wildman–Crippen MR) is 69.3 cm³/mol. The lowest BCUT2D eigenvalue weighted by Crippen LogP contribution is -2.47. The highest BCUT2D eigenvalue weighted by molar-refractivity contribution is 5.96. The van der Waals surface area contributed by atoms with E-state index in [2.05, 4.69) is 24.3 Å². The molecule has 0 bridgehead atoms. The molecular weight excluding hydrogens is 248 g/mol. The van der Waals surface area contributed by atoms with E-state index in [0.717, 1.165) is 12.1 Å². The number of primary amides is 1. The fourth-order valence-corrected chi connectivity index (χ4v) is 1.70. The van der Waals surface area contributed by atoms with Crippen molar-refractivity contribution < 1.29 is 14.7 Å². The second-order valence-corrected chi connectivity index (χ2v) is 4.85. The van der Waals surface area contributed by atoms with E-state index in [0.29, 0.717) is 11.6 Å². The summed E-state index contributed by atoms with van der Waals surface area (Å²) in [7, 11) is 1.65. The maximum absolute atomic E-state index is 11.9. The van der Waals surface area contributed by atoms with Crippen molar-refractivity contribution in [1.82, 2.24) is 15.1 Å². The van der Waals surface area contributed by atoms with Crippen molar-refractivity contribution in [3.63, 3.8) is 0 Å². The number of aliphatic hydroxyl groups excluding tert-OH is 1. The van der Waals surface area contributed by atoms with Gasteiger partial charge in [-0.2, -0.15) is 5.10 Å². The van der Waals surface area contributed by atoms with Crippen molar-refractivity contribution in [3.8, 4) is 0 Å². The van der Waals surface area contributed by atoms with Gasteiger partial charge in [-0.05, 0) is 18.4 Å². The summed E-state index contributed by atoms with van der Waals surface area (Å²) in [6, 6.07) is 0.584. The van der Waals surface area contributed by atoms with Crippen LogP contribution >= 0.6 is 0 Å². The molecule has 0 saturated carbocycles. The van der Waals surface area contributed by atoms with Crippen LogP contribution in [0.2, 0.25) is 0 Å². The second kappa shape index (κ2) is 6.33. The SMILES string of the molecule is CC(C)Cc1cc(C(=O)N[C@@H](CO)C(N)=O)n(C)n1. The first-order valence-corrected chi connectivity index (χ1v) is 6.09. The minimum atomic E-state index is -1.09. The van der Waals surface area contributed by atoms with Crippen molar-refractivity contribution in [2.45, 2.75) is 26.3 Å². The Morgan fingerprint density at radius 3 is 2.63 bits per heavy atom. The number of aromatic nitrogens is 2. The van der Waals surface area contributed by atoms with Gasteiger partial charge >= 0.3 is 0 Å². The minimum Gasteiger partial charge on any atom is -0.394 e. The number of amides is 2. The van der Waals surface area contributed by atoms with Crippen LogP contribution in [0.25, 0.3) is 0 Å². The highest BCUT2D eigenvalue weighted by atomic mass is 16.3. The lowest BCUT2D eigenvalue weighted by molar-refractivity contribution is -0.120. The van der Waals surface area contributed by atoms with Crippen LogP contribution in [0.5, 0.6) is 0 Å². The molecule has 7 heteroatoms. The Labute approximate surface area is 111 Å². The van der Waals surface area contributed by atoms with Gasteiger partial charge in [0, 0.05) is 7.05 Å². The molecule has 1 heterocycles. The van der Waals surface area contributed by atoms with Crippen LogP contribution in [-0.4, -0.2) is 39.4 Å². The molecule has 1 atom stereocenters. The highest BCUT2D eigenvalue weighted by Crippen LogP contribution is 2.09. The van der Waals surface area contributed by atoms with Crippen molar-refractivity contribution in [1.29, 1.82) is 0 Å². The topological polar surface area (TPSA) is 110 Å². The molecule has 1 aromatic rings. The third-order valence-corrected chi connectivity index (χ3v) is 2.61. The summed E-state index contributed by atoms with van der Waals surface area (Å²) in [5.41, 5.74) is 6.18. The summed E-state index contributed by atoms with van der Waals surface area (Å²) in [6.07, 6.45) is 0.764. The smallest absolute Gasteiger partial charge is 0.270 e. The molecule has 0 fully saturated rings. The first-order valence-electron chi connectivity index (χ1n) is 6.09. The number of rotatable bonds is 6. The normalized spacial score (nSPS) is 12.5. The molecule has 0 aromatic carbocycles. The summed E-state index contributed by atoms with van der Waals surface area (Å²) >= 11 is 0. The maximum atomic E-state index is 11.9. The Balaban J connectivity index is 2.82. The van der Waals surface area contributed by atoms with E-state index in [9.17, 15) is 9.59 Å². The fourth-order valence-electron chi connectivity index (χ4n) is 1.70. The number of hydrogen-bond donors (Lipinski definition) is 3. The quantitative estimate of drug-likeness (QED) is 0.627. The Morgan fingerprint density at radius 2 is 2.16 bits per heavy atom. The number of nitrogens with two attached hydrogens (primary N) is 1. The molecule has 1 rings (SSSR count). The molecule has 19 heavy (non-hydrogen) atoms. The lowest BCUT2D eigenvalue weighted by Gasteiger charge is -2.12. The van der Waals surface area contributed by atoms with Crippen molar-refractivity contribution in [3.05, 3.63) is 17.5 Å². The van der Waals surface area contributed by atoms with E-state index in [4.69, 9.17) is 10.8 Å². The Morgan fingerprint density at radius 1 is 1.53 bits per heavy atom. The van der Waals surface area contributed by atoms with E-state index in [1.165, 1.54) is 4.68 Å². The Kier molecular flexibility index (Phi) is 5.05. The van der Waals surface area contributed by atoms with Gasteiger partial charge in [-0.15, -0.1) is 0 Å². The molecule has 7 nitrogen and oxygen atoms in total. The van der Waals surface area contributed by atoms with Gasteiger partial charge < -0.3 is 16.2 Å². The number of aliphatic hydroxyl groups is 1. The van der Waals surface area contributed by atoms with Crippen molar-refractivity contribution in [2.75, 3.05) is 6.61 Å². The third kappa shape index (κ3) is 4.06. The monoisotopic (exact) mass is 268 g/mol. The molecular formula is C12H20N4O3. The predicted octanol–water partition coefficient (Wildman–Crippen LogP) is -0.805. The highest BCUT2D eigenvalue weighted by Gasteiger charge is 2.20. The molecule has 0 aliphatic heterocycles. The molecule has 106 valence electrons. The number of carbonyl (C=O) groups excluding carboxylic acids is 2. The van der Waals surface area contributed by atoms with Crippen LogP contribution in [-0.2, 0) is 18.3 Å². The van der Waals surface area contributed by atoms with E-state index in [1.54, 1.807) is 13.1 Å². The number of hydrogen-bond acceptors (Lipinski definition) is 4. The van der Waals surface area contributed by atoms with E-state index < -0.39 is 24.5 Å². The van der Waals surface area contributed by atoms with Crippen molar-refractivity contribution in [2.24, 2.45) is 18.7 Å². The molecule has 0 aliphatic carbocycles. The lowest BCUT2D eigenvalue weighted by atomic mass is 10.1. The molecule has 4 N–H and O–H groups in total. The summed E-state index contributed by atoms with van der Waals surface area (Å²) in [6.45, 7) is 3.59. The van der Waals surface area contributed by atoms with Gasteiger partial charge in [-0.1, -0.05) is 13.8 Å². The van der Waals surface area contributed by atoms with Gasteiger partial charge in [0.05, 0.1) is 12.3 Å². The van der Waals surface area contributed by atoms with Gasteiger partial charge in [0.1, 0.15) is 11.7 Å². The summed E-state index contributed by atoms with van der Waals surface area (Å²) in [5.74, 6) is -0.829. The van der Waals surface area contributed by atoms with E-state index >= 15 is 0 Å². The average molecular weight is 268 g/mol. The molecule has 0 saturated heterocycles. The number of nitrogens with one attached hydrogen (secondary N) is 1. The van der Waals surface area contributed by atoms with Crippen molar-refractivity contribution >= 4 is 11.8 Å². The van der Waals surface area contributed by atoms with E-state index in [1.807, 2.05) is 0 Å². The zero-order valence-corrected chi connectivity index (χ0v) is 11.4. The average Bonchev–Trinajstić information content (AvgIpc) is 2.65. The first kappa shape index (κ1) is 15.2. The molecule has 0 unspecified atom stereocenters. The van der Waals surface area contributed by atoms with Crippen LogP contribution < -0.4 is 11.1 Å². The van der Waals surface area contributed by atoms with Gasteiger partial charge in [-0.25, -0.2) is 0 Å². The molecule has 2 amide bonds. The fraction of sp³-hybridized carbons (Fsp3) is 0.583. The van der Waals surface area contributed by atoms with Gasteiger partial charge in [-0.3, -0.25) is 14.3 Å². The van der Waals surface area contributed by atoms with Gasteiger partial charge in [0.15, 0.2) is 0 Å². The molecule has 0 radical (unpaired) electrons. The Bertz CT molecular complexity index is 468. The molecule has 0 aliphatic rings. The van der Waals surface area contributed by atoms with Gasteiger partial charge in [0.2, 0.25) is 5.91 Å². The zero-order chi connectivity index (χ0) is 14.6. The second-order valence-electron chi connectivity index (χ2n) is 4.85. The van der Waals surface area contributed by atoms with Crippen LogP contribution in [0.1, 0.15) is 30.0 Å². The van der Waals surface area contributed by atoms with Gasteiger partial charge in [0.25, 0.3) is 5.91 Å². The van der Waals surface area contributed by atoms with Crippen LogP contribution in [0.3, 0.4) is 0 Å². The van der Waals surface area contributed by atoms with E-state index in [-0.39, 0.29) is 0 Å². The number of aryl methyl sites for hydroxylation is 1. The summed E-state index contributed by atoms with van der Waals surface area (Å²) in [5, 5.41) is 15.5. The minimum absolute atomic E-state index is 0.329. The largest absolute Gasteiger partial charge is 0.394 e. The number of carbonyl (C=O) groups is 2. The molecule has 0 spiro atoms. The number of nitrogens with zero attached hydrogens (tertiary/aromatic N) is 2.